The van der Waals surface area contributed by atoms with Crippen molar-refractivity contribution in [1.29, 1.82) is 0 Å². The fourth-order valence-corrected chi connectivity index (χ4v) is 6.72. The molecule has 1 atom stereocenters. The standard InChI is InChI=1S/C31H30ClN3O8S/c1-21-9-12-29-26(14-21)31(37)23(20-43-29)17-33(16-22-6-3-2-4-7-22)30(36)19-34(18-24-8-5-13-42-24)44(40,41)25-10-11-27(32)28(15-25)35(38)39/h2-4,6-7,9-12,14-15,20,24H,5,8,13,16-19H2,1H3/t24-/m1/s1. The Bertz CT molecular complexity index is 1860. The Hall–Kier alpha value is -4.10. The molecule has 1 aliphatic heterocycles. The highest BCUT2D eigenvalue weighted by molar-refractivity contribution is 7.89. The SMILES string of the molecule is Cc1ccc2occ(CN(Cc3ccccc3)C(=O)CN(C[C@H]3CCCO3)S(=O)(=O)c3ccc(Cl)c([N+](=O)[O-])c3)c(=O)c2c1. The zero-order valence-electron chi connectivity index (χ0n) is 23.8. The van der Waals surface area contributed by atoms with Gasteiger partial charge in [-0.25, -0.2) is 8.42 Å². The fraction of sp³-hybridized carbons (Fsp3) is 0.290. The number of fused-ring (bicyclic) bond motifs is 1. The maximum absolute atomic E-state index is 14.0. The Morgan fingerprint density at radius 2 is 1.86 bits per heavy atom. The van der Waals surface area contributed by atoms with Crippen LogP contribution < -0.4 is 5.43 Å². The summed E-state index contributed by atoms with van der Waals surface area (Å²) in [7, 11) is -4.41. The first-order valence-corrected chi connectivity index (χ1v) is 15.7. The molecule has 11 nitrogen and oxygen atoms in total. The summed E-state index contributed by atoms with van der Waals surface area (Å²) in [5.41, 5.74) is 1.42. The molecule has 0 saturated carbocycles. The first kappa shape index (κ1) is 31.3. The Morgan fingerprint density at radius 1 is 1.09 bits per heavy atom. The van der Waals surface area contributed by atoms with Crippen molar-refractivity contribution in [3.05, 3.63) is 115 Å². The lowest BCUT2D eigenvalue weighted by atomic mass is 10.1. The summed E-state index contributed by atoms with van der Waals surface area (Å²) in [6.07, 6.45) is 2.18. The Kier molecular flexibility index (Phi) is 9.45. The van der Waals surface area contributed by atoms with Crippen molar-refractivity contribution < 1.29 is 27.3 Å². The van der Waals surface area contributed by atoms with E-state index in [0.717, 1.165) is 34.0 Å². The predicted octanol–water partition coefficient (Wildman–Crippen LogP) is 5.06. The Morgan fingerprint density at radius 3 is 2.57 bits per heavy atom. The van der Waals surface area contributed by atoms with Crippen LogP contribution in [-0.2, 0) is 32.6 Å². The first-order valence-electron chi connectivity index (χ1n) is 13.9. The minimum absolute atomic E-state index is 0.0885. The predicted molar refractivity (Wildman–Crippen MR) is 164 cm³/mol. The molecule has 2 heterocycles. The molecule has 0 bridgehead atoms. The second kappa shape index (κ2) is 13.3. The zero-order valence-corrected chi connectivity index (χ0v) is 25.4. The normalized spacial score (nSPS) is 15.1. The van der Waals surface area contributed by atoms with E-state index in [1.807, 2.05) is 43.3 Å². The molecule has 1 amide bonds. The lowest BCUT2D eigenvalue weighted by molar-refractivity contribution is -0.384. The number of hydrogen-bond acceptors (Lipinski definition) is 8. The van der Waals surface area contributed by atoms with Crippen LogP contribution in [0.25, 0.3) is 11.0 Å². The molecule has 44 heavy (non-hydrogen) atoms. The largest absolute Gasteiger partial charge is 0.464 e. The number of nitro groups is 1. The molecular weight excluding hydrogens is 610 g/mol. The highest BCUT2D eigenvalue weighted by Crippen LogP contribution is 2.29. The van der Waals surface area contributed by atoms with Gasteiger partial charge in [0.1, 0.15) is 10.6 Å². The molecule has 3 aromatic carbocycles. The highest BCUT2D eigenvalue weighted by Gasteiger charge is 2.33. The molecule has 230 valence electrons. The second-order valence-electron chi connectivity index (χ2n) is 10.6. The molecule has 1 aliphatic rings. The average molecular weight is 640 g/mol. The van der Waals surface area contributed by atoms with Crippen LogP contribution in [0.3, 0.4) is 0 Å². The summed E-state index contributed by atoms with van der Waals surface area (Å²) >= 11 is 5.93. The van der Waals surface area contributed by atoms with Gasteiger partial charge in [-0.15, -0.1) is 0 Å². The van der Waals surface area contributed by atoms with Crippen LogP contribution in [0.5, 0.6) is 0 Å². The molecule has 0 aliphatic carbocycles. The number of nitro benzene ring substituents is 1. The molecule has 1 aromatic heterocycles. The van der Waals surface area contributed by atoms with Gasteiger partial charge in [-0.3, -0.25) is 19.7 Å². The Labute approximate surface area is 258 Å². The van der Waals surface area contributed by atoms with Gasteiger partial charge in [0.05, 0.1) is 46.2 Å². The third-order valence-electron chi connectivity index (χ3n) is 7.42. The Balaban J connectivity index is 1.50. The third-order valence-corrected chi connectivity index (χ3v) is 9.55. The van der Waals surface area contributed by atoms with Gasteiger partial charge < -0.3 is 14.1 Å². The van der Waals surface area contributed by atoms with Crippen molar-refractivity contribution >= 4 is 44.2 Å². The van der Waals surface area contributed by atoms with Crippen molar-refractivity contribution in [1.82, 2.24) is 9.21 Å². The first-order chi connectivity index (χ1) is 21.0. The van der Waals surface area contributed by atoms with E-state index in [0.29, 0.717) is 24.0 Å². The second-order valence-corrected chi connectivity index (χ2v) is 13.0. The van der Waals surface area contributed by atoms with Gasteiger partial charge in [0.15, 0.2) is 5.43 Å². The van der Waals surface area contributed by atoms with Crippen LogP contribution in [-0.4, -0.2) is 54.3 Å². The lowest BCUT2D eigenvalue weighted by Crippen LogP contribution is -2.45. The fourth-order valence-electron chi connectivity index (χ4n) is 5.09. The van der Waals surface area contributed by atoms with E-state index >= 15 is 0 Å². The molecule has 4 aromatic rings. The van der Waals surface area contributed by atoms with E-state index in [9.17, 15) is 28.1 Å². The highest BCUT2D eigenvalue weighted by atomic mass is 35.5. The number of carbonyl (C=O) groups is 1. The van der Waals surface area contributed by atoms with Gasteiger partial charge in [0.2, 0.25) is 15.9 Å². The molecule has 5 rings (SSSR count). The number of nitrogens with zero attached hydrogens (tertiary/aromatic N) is 3. The van der Waals surface area contributed by atoms with E-state index in [1.165, 1.54) is 17.2 Å². The number of amides is 1. The summed E-state index contributed by atoms with van der Waals surface area (Å²) in [5.74, 6) is -0.581. The van der Waals surface area contributed by atoms with Crippen molar-refractivity contribution in [2.75, 3.05) is 19.7 Å². The van der Waals surface area contributed by atoms with Crippen LogP contribution >= 0.6 is 11.6 Å². The van der Waals surface area contributed by atoms with E-state index in [2.05, 4.69) is 0 Å². The smallest absolute Gasteiger partial charge is 0.289 e. The topological polar surface area (TPSA) is 140 Å². The minimum Gasteiger partial charge on any atom is -0.464 e. The van der Waals surface area contributed by atoms with E-state index in [-0.39, 0.29) is 40.5 Å². The van der Waals surface area contributed by atoms with Gasteiger partial charge in [-0.05, 0) is 49.6 Å². The molecule has 0 spiro atoms. The molecule has 0 unspecified atom stereocenters. The maximum atomic E-state index is 14.0. The number of carbonyl (C=O) groups excluding carboxylic acids is 1. The zero-order chi connectivity index (χ0) is 31.4. The number of hydrogen-bond donors (Lipinski definition) is 0. The van der Waals surface area contributed by atoms with Crippen molar-refractivity contribution in [3.8, 4) is 0 Å². The molecule has 13 heteroatoms. The van der Waals surface area contributed by atoms with Gasteiger partial charge in [0.25, 0.3) is 5.69 Å². The number of halogens is 1. The van der Waals surface area contributed by atoms with Crippen molar-refractivity contribution in [2.24, 2.45) is 0 Å². The summed E-state index contributed by atoms with van der Waals surface area (Å²) < 4.78 is 40.1. The summed E-state index contributed by atoms with van der Waals surface area (Å²) in [5, 5.41) is 11.7. The van der Waals surface area contributed by atoms with E-state index < -0.39 is 39.2 Å². The van der Waals surface area contributed by atoms with Crippen LogP contribution in [0.4, 0.5) is 5.69 Å². The molecular formula is C31H30ClN3O8S. The van der Waals surface area contributed by atoms with Crippen molar-refractivity contribution in [2.45, 2.75) is 43.9 Å². The molecule has 1 saturated heterocycles. The molecule has 0 N–H and O–H groups in total. The number of aryl methyl sites for hydroxylation is 1. The van der Waals surface area contributed by atoms with Gasteiger partial charge in [-0.2, -0.15) is 4.31 Å². The minimum atomic E-state index is -4.41. The van der Waals surface area contributed by atoms with Crippen molar-refractivity contribution in [3.63, 3.8) is 0 Å². The van der Waals surface area contributed by atoms with Crippen LogP contribution in [0.15, 0.2) is 87.1 Å². The van der Waals surface area contributed by atoms with Gasteiger partial charge >= 0.3 is 0 Å². The number of rotatable bonds is 11. The van der Waals surface area contributed by atoms with E-state index in [4.69, 9.17) is 20.8 Å². The van der Waals surface area contributed by atoms with Gasteiger partial charge in [0, 0.05) is 25.8 Å². The maximum Gasteiger partial charge on any atom is 0.289 e. The van der Waals surface area contributed by atoms with E-state index in [1.54, 1.807) is 12.1 Å². The third kappa shape index (κ3) is 6.99. The summed E-state index contributed by atoms with van der Waals surface area (Å²) in [6.45, 7) is 1.53. The summed E-state index contributed by atoms with van der Waals surface area (Å²) in [4.78, 5) is 39.1. The molecule has 0 radical (unpaired) electrons. The molecule has 1 fully saturated rings. The average Bonchev–Trinajstić information content (AvgIpc) is 3.52. The quantitative estimate of drug-likeness (QED) is 0.164. The lowest BCUT2D eigenvalue weighted by Gasteiger charge is -2.28. The number of benzene rings is 3. The number of ether oxygens (including phenoxy) is 1. The monoisotopic (exact) mass is 639 g/mol. The number of sulfonamides is 1. The van der Waals surface area contributed by atoms with Crippen LogP contribution in [0, 0.1) is 17.0 Å². The summed E-state index contributed by atoms with van der Waals surface area (Å²) in [6, 6.07) is 17.5. The van der Waals surface area contributed by atoms with Gasteiger partial charge in [-0.1, -0.05) is 53.6 Å². The van der Waals surface area contributed by atoms with Crippen LogP contribution in [0.1, 0.15) is 29.5 Å². The van der Waals surface area contributed by atoms with Crippen LogP contribution in [0.2, 0.25) is 5.02 Å².